The number of benzene rings is 1. The van der Waals surface area contributed by atoms with Gasteiger partial charge in [0.1, 0.15) is 5.76 Å². The van der Waals surface area contributed by atoms with Gasteiger partial charge in [0.15, 0.2) is 0 Å². The van der Waals surface area contributed by atoms with E-state index in [9.17, 15) is 8.42 Å². The minimum absolute atomic E-state index is 0.0877. The van der Waals surface area contributed by atoms with Crippen LogP contribution in [0.5, 0.6) is 0 Å². The topological polar surface area (TPSA) is 85.3 Å². The number of furan rings is 1. The minimum Gasteiger partial charge on any atom is -0.447 e. The fourth-order valence-electron chi connectivity index (χ4n) is 2.04. The molecule has 0 bridgehead atoms. The SMILES string of the molecule is CC(CCNS(=O)(=O)c1ccc(CN)o1)c1ccccc1. The summed E-state index contributed by atoms with van der Waals surface area (Å²) >= 11 is 0. The Morgan fingerprint density at radius 2 is 1.90 bits per heavy atom. The predicted molar refractivity (Wildman–Crippen MR) is 81.3 cm³/mol. The lowest BCUT2D eigenvalue weighted by atomic mass is 9.98. The minimum atomic E-state index is -3.60. The summed E-state index contributed by atoms with van der Waals surface area (Å²) in [6.45, 7) is 2.61. The standard InChI is InChI=1S/C15H20N2O3S/c1-12(13-5-3-2-4-6-13)9-10-17-21(18,19)15-8-7-14(11-16)20-15/h2-8,12,17H,9-11,16H2,1H3. The van der Waals surface area contributed by atoms with Crippen molar-refractivity contribution >= 4 is 10.0 Å². The quantitative estimate of drug-likeness (QED) is 0.821. The molecule has 1 aromatic carbocycles. The van der Waals surface area contributed by atoms with Gasteiger partial charge < -0.3 is 10.2 Å². The average molecular weight is 308 g/mol. The molecular formula is C15H20N2O3S. The van der Waals surface area contributed by atoms with E-state index >= 15 is 0 Å². The molecule has 0 saturated carbocycles. The van der Waals surface area contributed by atoms with Crippen molar-refractivity contribution < 1.29 is 12.8 Å². The maximum Gasteiger partial charge on any atom is 0.273 e. The number of rotatable bonds is 7. The summed E-state index contributed by atoms with van der Waals surface area (Å²) in [5, 5.41) is -0.0877. The van der Waals surface area contributed by atoms with E-state index < -0.39 is 10.0 Å². The predicted octanol–water partition coefficient (Wildman–Crippen LogP) is 2.21. The van der Waals surface area contributed by atoms with Crippen molar-refractivity contribution in [3.05, 3.63) is 53.8 Å². The third-order valence-corrected chi connectivity index (χ3v) is 4.67. The molecule has 0 fully saturated rings. The zero-order valence-corrected chi connectivity index (χ0v) is 12.8. The van der Waals surface area contributed by atoms with Crippen LogP contribution in [0.25, 0.3) is 0 Å². The summed E-state index contributed by atoms with van der Waals surface area (Å²) in [5.74, 6) is 0.734. The molecule has 0 amide bonds. The van der Waals surface area contributed by atoms with Gasteiger partial charge in [0.25, 0.3) is 10.0 Å². The van der Waals surface area contributed by atoms with E-state index in [4.69, 9.17) is 10.2 Å². The maximum absolute atomic E-state index is 12.0. The molecule has 0 radical (unpaired) electrons. The highest BCUT2D eigenvalue weighted by Crippen LogP contribution is 2.18. The number of hydrogen-bond acceptors (Lipinski definition) is 4. The van der Waals surface area contributed by atoms with Crippen molar-refractivity contribution in [1.82, 2.24) is 4.72 Å². The summed E-state index contributed by atoms with van der Waals surface area (Å²) in [7, 11) is -3.60. The van der Waals surface area contributed by atoms with Crippen LogP contribution in [0.15, 0.2) is 52.0 Å². The van der Waals surface area contributed by atoms with Crippen molar-refractivity contribution in [2.24, 2.45) is 5.73 Å². The third kappa shape index (κ3) is 4.17. The summed E-state index contributed by atoms with van der Waals surface area (Å²) in [6, 6.07) is 13.0. The first-order valence-electron chi connectivity index (χ1n) is 6.86. The lowest BCUT2D eigenvalue weighted by molar-refractivity contribution is 0.412. The second kappa shape index (κ2) is 6.89. The Labute approximate surface area is 125 Å². The van der Waals surface area contributed by atoms with E-state index in [0.717, 1.165) is 0 Å². The Balaban J connectivity index is 1.90. The molecule has 1 aromatic heterocycles. The molecule has 1 unspecified atom stereocenters. The molecule has 0 saturated heterocycles. The fraction of sp³-hybridized carbons (Fsp3) is 0.333. The number of hydrogen-bond donors (Lipinski definition) is 2. The van der Waals surface area contributed by atoms with Gasteiger partial charge in [-0.1, -0.05) is 37.3 Å². The highest BCUT2D eigenvalue weighted by atomic mass is 32.2. The smallest absolute Gasteiger partial charge is 0.273 e. The average Bonchev–Trinajstić information content (AvgIpc) is 2.98. The van der Waals surface area contributed by atoms with Crippen LogP contribution in [-0.4, -0.2) is 15.0 Å². The molecule has 6 heteroatoms. The molecule has 0 aliphatic carbocycles. The van der Waals surface area contributed by atoms with E-state index in [0.29, 0.717) is 18.7 Å². The molecule has 2 rings (SSSR count). The van der Waals surface area contributed by atoms with Crippen LogP contribution in [-0.2, 0) is 16.6 Å². The molecule has 114 valence electrons. The molecule has 5 nitrogen and oxygen atoms in total. The highest BCUT2D eigenvalue weighted by molar-refractivity contribution is 7.89. The van der Waals surface area contributed by atoms with Gasteiger partial charge in [-0.15, -0.1) is 0 Å². The maximum atomic E-state index is 12.0. The van der Waals surface area contributed by atoms with Gasteiger partial charge in [0, 0.05) is 6.54 Å². The van der Waals surface area contributed by atoms with Gasteiger partial charge in [-0.3, -0.25) is 0 Å². The van der Waals surface area contributed by atoms with Crippen LogP contribution in [0, 0.1) is 0 Å². The van der Waals surface area contributed by atoms with E-state index in [1.807, 2.05) is 30.3 Å². The number of nitrogens with one attached hydrogen (secondary N) is 1. The highest BCUT2D eigenvalue weighted by Gasteiger charge is 2.18. The summed E-state index contributed by atoms with van der Waals surface area (Å²) in [5.41, 5.74) is 6.60. The van der Waals surface area contributed by atoms with Crippen LogP contribution >= 0.6 is 0 Å². The van der Waals surface area contributed by atoms with Crippen molar-refractivity contribution in [2.45, 2.75) is 30.9 Å². The van der Waals surface area contributed by atoms with Gasteiger partial charge in [0.05, 0.1) is 6.54 Å². The first-order valence-corrected chi connectivity index (χ1v) is 8.34. The van der Waals surface area contributed by atoms with Gasteiger partial charge in [-0.05, 0) is 30.0 Å². The molecule has 21 heavy (non-hydrogen) atoms. The molecule has 0 aliphatic heterocycles. The monoisotopic (exact) mass is 308 g/mol. The van der Waals surface area contributed by atoms with Crippen LogP contribution < -0.4 is 10.5 Å². The van der Waals surface area contributed by atoms with Crippen LogP contribution in [0.2, 0.25) is 0 Å². The lowest BCUT2D eigenvalue weighted by Crippen LogP contribution is -2.25. The first-order chi connectivity index (χ1) is 10.0. The van der Waals surface area contributed by atoms with Crippen molar-refractivity contribution in [3.8, 4) is 0 Å². The van der Waals surface area contributed by atoms with E-state index in [2.05, 4.69) is 11.6 Å². The Morgan fingerprint density at radius 3 is 2.52 bits per heavy atom. The third-order valence-electron chi connectivity index (χ3n) is 3.34. The van der Waals surface area contributed by atoms with Crippen LogP contribution in [0.3, 0.4) is 0 Å². The molecule has 0 aliphatic rings. The Hall–Kier alpha value is -1.63. The van der Waals surface area contributed by atoms with Crippen LogP contribution in [0.1, 0.15) is 30.6 Å². The van der Waals surface area contributed by atoms with E-state index in [1.165, 1.54) is 11.6 Å². The molecule has 1 atom stereocenters. The van der Waals surface area contributed by atoms with Gasteiger partial charge >= 0.3 is 0 Å². The largest absolute Gasteiger partial charge is 0.447 e. The molecule has 0 spiro atoms. The van der Waals surface area contributed by atoms with Gasteiger partial charge in [-0.2, -0.15) is 0 Å². The zero-order chi connectivity index (χ0) is 15.3. The van der Waals surface area contributed by atoms with Crippen molar-refractivity contribution in [3.63, 3.8) is 0 Å². The molecular weight excluding hydrogens is 288 g/mol. The van der Waals surface area contributed by atoms with Gasteiger partial charge in [-0.25, -0.2) is 13.1 Å². The van der Waals surface area contributed by atoms with Crippen molar-refractivity contribution in [1.29, 1.82) is 0 Å². The van der Waals surface area contributed by atoms with E-state index in [-0.39, 0.29) is 17.6 Å². The Morgan fingerprint density at radius 1 is 1.19 bits per heavy atom. The molecule has 3 N–H and O–H groups in total. The second-order valence-corrected chi connectivity index (χ2v) is 6.62. The Kier molecular flexibility index (Phi) is 5.17. The first kappa shape index (κ1) is 15.8. The number of nitrogens with two attached hydrogens (primary N) is 1. The fourth-order valence-corrected chi connectivity index (χ4v) is 3.03. The summed E-state index contributed by atoms with van der Waals surface area (Å²) in [4.78, 5) is 0. The summed E-state index contributed by atoms with van der Waals surface area (Å²) in [6.07, 6.45) is 0.716. The van der Waals surface area contributed by atoms with Crippen molar-refractivity contribution in [2.75, 3.05) is 6.54 Å². The lowest BCUT2D eigenvalue weighted by Gasteiger charge is -2.12. The Bertz CT molecular complexity index is 665. The van der Waals surface area contributed by atoms with Gasteiger partial charge in [0.2, 0.25) is 5.09 Å². The van der Waals surface area contributed by atoms with Crippen LogP contribution in [0.4, 0.5) is 0 Å². The zero-order valence-electron chi connectivity index (χ0n) is 12.0. The normalized spacial score (nSPS) is 13.2. The molecule has 1 heterocycles. The molecule has 2 aromatic rings. The van der Waals surface area contributed by atoms with E-state index in [1.54, 1.807) is 6.07 Å². The second-order valence-electron chi connectivity index (χ2n) is 4.92. The number of sulfonamides is 1. The summed E-state index contributed by atoms with van der Waals surface area (Å²) < 4.78 is 31.8.